The Morgan fingerprint density at radius 2 is 1.39 bits per heavy atom. The SMILES string of the molecule is CC1(C)CC(OC(=O)c2cccc(C(=O)c3ccccc3)c2)CC(C)(C)N1[O]. The second-order valence-corrected chi connectivity index (χ2v) is 8.63. The first kappa shape index (κ1) is 20.2. The average Bonchev–Trinajstić information content (AvgIpc) is 2.66. The van der Waals surface area contributed by atoms with Gasteiger partial charge in [-0.25, -0.2) is 4.79 Å². The van der Waals surface area contributed by atoms with E-state index >= 15 is 0 Å². The Bertz CT molecular complexity index is 855. The minimum absolute atomic E-state index is 0.142. The van der Waals surface area contributed by atoms with Crippen molar-refractivity contribution in [2.75, 3.05) is 0 Å². The van der Waals surface area contributed by atoms with Crippen molar-refractivity contribution in [1.82, 2.24) is 5.06 Å². The zero-order valence-corrected chi connectivity index (χ0v) is 16.8. The molecule has 0 amide bonds. The van der Waals surface area contributed by atoms with Crippen molar-refractivity contribution >= 4 is 11.8 Å². The molecule has 0 aliphatic carbocycles. The molecule has 0 atom stereocenters. The number of benzene rings is 2. The van der Waals surface area contributed by atoms with Crippen molar-refractivity contribution in [2.45, 2.75) is 57.7 Å². The Kier molecular flexibility index (Phi) is 5.41. The summed E-state index contributed by atoms with van der Waals surface area (Å²) in [7, 11) is 0. The lowest BCUT2D eigenvalue weighted by molar-refractivity contribution is -0.298. The van der Waals surface area contributed by atoms with E-state index in [0.29, 0.717) is 29.5 Å². The molecule has 1 radical (unpaired) electrons. The van der Waals surface area contributed by atoms with Gasteiger partial charge in [-0.15, -0.1) is 10.3 Å². The van der Waals surface area contributed by atoms with Crippen LogP contribution in [0.25, 0.3) is 0 Å². The first-order chi connectivity index (χ1) is 13.1. The first-order valence-electron chi connectivity index (χ1n) is 9.48. The smallest absolute Gasteiger partial charge is 0.338 e. The maximum atomic E-state index is 12.7. The van der Waals surface area contributed by atoms with E-state index in [4.69, 9.17) is 4.74 Å². The Morgan fingerprint density at radius 3 is 2.00 bits per heavy atom. The molecular formula is C23H26NO4. The lowest BCUT2D eigenvalue weighted by Gasteiger charge is -2.49. The van der Waals surface area contributed by atoms with Gasteiger partial charge in [-0.3, -0.25) is 4.79 Å². The molecule has 0 spiro atoms. The van der Waals surface area contributed by atoms with Gasteiger partial charge in [-0.2, -0.15) is 0 Å². The average molecular weight is 380 g/mol. The number of ether oxygens (including phenoxy) is 1. The van der Waals surface area contributed by atoms with Gasteiger partial charge in [-0.05, 0) is 39.8 Å². The number of esters is 1. The van der Waals surface area contributed by atoms with Crippen molar-refractivity contribution < 1.29 is 19.5 Å². The van der Waals surface area contributed by atoms with Crippen LogP contribution in [0.2, 0.25) is 0 Å². The highest BCUT2D eigenvalue weighted by Crippen LogP contribution is 2.38. The fourth-order valence-corrected chi connectivity index (χ4v) is 4.02. The number of rotatable bonds is 4. The summed E-state index contributed by atoms with van der Waals surface area (Å²) < 4.78 is 5.72. The van der Waals surface area contributed by atoms with E-state index in [1.807, 2.05) is 33.8 Å². The molecule has 1 aliphatic rings. The van der Waals surface area contributed by atoms with E-state index in [-0.39, 0.29) is 11.9 Å². The molecule has 0 aromatic heterocycles. The van der Waals surface area contributed by atoms with E-state index in [2.05, 4.69) is 0 Å². The Balaban J connectivity index is 1.76. The molecule has 0 bridgehead atoms. The van der Waals surface area contributed by atoms with E-state index in [0.717, 1.165) is 5.06 Å². The Morgan fingerprint density at radius 1 is 0.857 bits per heavy atom. The van der Waals surface area contributed by atoms with Gasteiger partial charge >= 0.3 is 5.97 Å². The number of nitrogens with zero attached hydrogens (tertiary/aromatic N) is 1. The molecule has 5 heteroatoms. The van der Waals surface area contributed by atoms with Crippen LogP contribution < -0.4 is 0 Å². The lowest BCUT2D eigenvalue weighted by Crippen LogP contribution is -2.60. The summed E-state index contributed by atoms with van der Waals surface area (Å²) in [4.78, 5) is 25.3. The molecule has 1 saturated heterocycles. The van der Waals surface area contributed by atoms with Gasteiger partial charge in [0.25, 0.3) is 0 Å². The quantitative estimate of drug-likeness (QED) is 0.581. The Labute approximate surface area is 165 Å². The van der Waals surface area contributed by atoms with Gasteiger partial charge in [-0.1, -0.05) is 42.5 Å². The topological polar surface area (TPSA) is 66.5 Å². The van der Waals surface area contributed by atoms with Gasteiger partial charge in [0.15, 0.2) is 5.78 Å². The number of piperidine rings is 1. The van der Waals surface area contributed by atoms with Crippen LogP contribution in [0.15, 0.2) is 54.6 Å². The summed E-state index contributed by atoms with van der Waals surface area (Å²) in [6.45, 7) is 7.45. The van der Waals surface area contributed by atoms with Crippen LogP contribution in [-0.4, -0.2) is 34.0 Å². The molecule has 3 rings (SSSR count). The molecule has 0 saturated carbocycles. The van der Waals surface area contributed by atoms with Crippen LogP contribution >= 0.6 is 0 Å². The molecule has 2 aromatic carbocycles. The predicted octanol–water partition coefficient (Wildman–Crippen LogP) is 4.44. The van der Waals surface area contributed by atoms with Crippen molar-refractivity contribution in [2.24, 2.45) is 0 Å². The zero-order valence-electron chi connectivity index (χ0n) is 16.8. The van der Waals surface area contributed by atoms with E-state index in [9.17, 15) is 14.8 Å². The molecule has 5 nitrogen and oxygen atoms in total. The van der Waals surface area contributed by atoms with E-state index in [1.54, 1.807) is 48.5 Å². The maximum absolute atomic E-state index is 12.7. The summed E-state index contributed by atoms with van der Waals surface area (Å²) >= 11 is 0. The summed E-state index contributed by atoms with van der Waals surface area (Å²) in [5.41, 5.74) is 0.118. The van der Waals surface area contributed by atoms with E-state index < -0.39 is 17.0 Å². The number of carbonyl (C=O) groups is 2. The zero-order chi connectivity index (χ0) is 20.5. The van der Waals surface area contributed by atoms with Crippen LogP contribution in [0, 0.1) is 0 Å². The number of hydroxylamine groups is 2. The highest BCUT2D eigenvalue weighted by atomic mass is 16.5. The van der Waals surface area contributed by atoms with Crippen molar-refractivity contribution in [3.05, 3.63) is 71.3 Å². The monoisotopic (exact) mass is 380 g/mol. The lowest BCUT2D eigenvalue weighted by atomic mass is 9.80. The maximum Gasteiger partial charge on any atom is 0.338 e. The third-order valence-electron chi connectivity index (χ3n) is 5.22. The van der Waals surface area contributed by atoms with Crippen molar-refractivity contribution in [1.29, 1.82) is 0 Å². The van der Waals surface area contributed by atoms with Crippen LogP contribution in [0.3, 0.4) is 0 Å². The molecule has 0 N–H and O–H groups in total. The van der Waals surface area contributed by atoms with Crippen LogP contribution in [0.5, 0.6) is 0 Å². The van der Waals surface area contributed by atoms with Gasteiger partial charge in [0.05, 0.1) is 5.56 Å². The van der Waals surface area contributed by atoms with Gasteiger partial charge in [0, 0.05) is 35.0 Å². The fourth-order valence-electron chi connectivity index (χ4n) is 4.02. The summed E-state index contributed by atoms with van der Waals surface area (Å²) in [5, 5.41) is 13.6. The number of hydrogen-bond donors (Lipinski definition) is 0. The second-order valence-electron chi connectivity index (χ2n) is 8.63. The number of ketones is 1. The molecule has 1 heterocycles. The van der Waals surface area contributed by atoms with Crippen LogP contribution in [0.1, 0.15) is 66.8 Å². The highest BCUT2D eigenvalue weighted by Gasteiger charge is 2.47. The van der Waals surface area contributed by atoms with Crippen molar-refractivity contribution in [3.8, 4) is 0 Å². The van der Waals surface area contributed by atoms with E-state index in [1.165, 1.54) is 0 Å². The molecule has 28 heavy (non-hydrogen) atoms. The minimum Gasteiger partial charge on any atom is -0.459 e. The van der Waals surface area contributed by atoms with Gasteiger partial charge < -0.3 is 4.74 Å². The molecule has 2 aromatic rings. The summed E-state index contributed by atoms with van der Waals surface area (Å²) in [6.07, 6.45) is 0.582. The fraction of sp³-hybridized carbons (Fsp3) is 0.391. The molecule has 147 valence electrons. The third-order valence-corrected chi connectivity index (χ3v) is 5.22. The summed E-state index contributed by atoms with van der Waals surface area (Å²) in [6, 6.07) is 15.5. The molecule has 0 unspecified atom stereocenters. The highest BCUT2D eigenvalue weighted by molar-refractivity contribution is 6.09. The van der Waals surface area contributed by atoms with Crippen molar-refractivity contribution in [3.63, 3.8) is 0 Å². The van der Waals surface area contributed by atoms with Gasteiger partial charge in [0.1, 0.15) is 6.10 Å². The predicted molar refractivity (Wildman–Crippen MR) is 105 cm³/mol. The molecule has 1 fully saturated rings. The normalized spacial score (nSPS) is 19.2. The first-order valence-corrected chi connectivity index (χ1v) is 9.48. The number of hydrogen-bond acceptors (Lipinski definition) is 4. The Hall–Kier alpha value is -2.50. The standard InChI is InChI=1S/C23H26NO4/c1-22(2)14-19(15-23(3,4)24(22)27)28-21(26)18-12-8-11-17(13-18)20(25)16-9-6-5-7-10-16/h5-13,19H,14-15H2,1-4H3. The third kappa shape index (κ3) is 4.16. The largest absolute Gasteiger partial charge is 0.459 e. The number of carbonyl (C=O) groups excluding carboxylic acids is 2. The molecule has 1 aliphatic heterocycles. The van der Waals surface area contributed by atoms with Gasteiger partial charge in [0.2, 0.25) is 0 Å². The second kappa shape index (κ2) is 7.49. The van der Waals surface area contributed by atoms with Crippen LogP contribution in [-0.2, 0) is 9.94 Å². The summed E-state index contributed by atoms with van der Waals surface area (Å²) in [5.74, 6) is -0.615. The molecular weight excluding hydrogens is 354 g/mol. The van der Waals surface area contributed by atoms with Crippen LogP contribution in [0.4, 0.5) is 0 Å². The minimum atomic E-state index is -0.613.